The Morgan fingerprint density at radius 1 is 1.54 bits per heavy atom. The summed E-state index contributed by atoms with van der Waals surface area (Å²) in [5.41, 5.74) is 7.70. The molecule has 3 rings (SSSR count). The Kier molecular flexibility index (Phi) is 4.18. The monoisotopic (exact) mass is 342 g/mol. The van der Waals surface area contributed by atoms with E-state index in [0.717, 1.165) is 4.70 Å². The first-order valence-electron chi connectivity index (χ1n) is 7.24. The molecule has 1 aromatic carbocycles. The first-order valence-corrected chi connectivity index (χ1v) is 8.01. The summed E-state index contributed by atoms with van der Waals surface area (Å²) in [5, 5.41) is 13.6. The molecule has 24 heavy (non-hydrogen) atoms. The zero-order valence-electron chi connectivity index (χ0n) is 13.1. The maximum Gasteiger partial charge on any atom is 0.338 e. The Balaban J connectivity index is 2.18. The van der Waals surface area contributed by atoms with Crippen LogP contribution in [0.25, 0.3) is 10.2 Å². The lowest BCUT2D eigenvalue weighted by Gasteiger charge is -2.26. The van der Waals surface area contributed by atoms with Crippen molar-refractivity contribution in [2.24, 2.45) is 5.73 Å². The van der Waals surface area contributed by atoms with E-state index in [4.69, 9.17) is 15.2 Å². The van der Waals surface area contributed by atoms with Crippen LogP contribution in [-0.4, -0.2) is 22.2 Å². The van der Waals surface area contributed by atoms with Gasteiger partial charge in [-0.25, -0.2) is 4.79 Å². The van der Waals surface area contributed by atoms with Crippen LogP contribution in [0.5, 0.6) is 0 Å². The molecule has 0 radical (unpaired) electrons. The number of fused-ring (bicyclic) bond motifs is 1. The van der Waals surface area contributed by atoms with Crippen LogP contribution in [0, 0.1) is 11.3 Å². The highest BCUT2D eigenvalue weighted by atomic mass is 32.1. The lowest BCUT2D eigenvalue weighted by molar-refractivity contribution is -0.139. The number of nitrogens with two attached hydrogens (primary N) is 1. The third-order valence-electron chi connectivity index (χ3n) is 3.71. The zero-order chi connectivity index (χ0) is 17.3. The van der Waals surface area contributed by atoms with Gasteiger partial charge in [0, 0.05) is 0 Å². The molecule has 2 N–H and O–H groups in total. The van der Waals surface area contributed by atoms with E-state index in [1.807, 2.05) is 18.2 Å². The molecule has 0 aliphatic carbocycles. The van der Waals surface area contributed by atoms with Gasteiger partial charge in [-0.15, -0.1) is 5.10 Å². The average molecular weight is 342 g/mol. The van der Waals surface area contributed by atoms with Gasteiger partial charge in [0.25, 0.3) is 0 Å². The summed E-state index contributed by atoms with van der Waals surface area (Å²) in [7, 11) is 0. The van der Waals surface area contributed by atoms with Crippen molar-refractivity contribution in [1.82, 2.24) is 9.59 Å². The van der Waals surface area contributed by atoms with E-state index in [-0.39, 0.29) is 23.6 Å². The Morgan fingerprint density at radius 3 is 3.04 bits per heavy atom. The van der Waals surface area contributed by atoms with Crippen molar-refractivity contribution in [1.29, 1.82) is 5.26 Å². The highest BCUT2D eigenvalue weighted by molar-refractivity contribution is 7.12. The van der Waals surface area contributed by atoms with Crippen molar-refractivity contribution in [3.05, 3.63) is 46.6 Å². The van der Waals surface area contributed by atoms with Crippen LogP contribution in [0.1, 0.15) is 25.3 Å². The predicted molar refractivity (Wildman–Crippen MR) is 87.4 cm³/mol. The first-order chi connectivity index (χ1) is 11.6. The zero-order valence-corrected chi connectivity index (χ0v) is 13.9. The lowest BCUT2D eigenvalue weighted by atomic mass is 9.83. The van der Waals surface area contributed by atoms with Crippen molar-refractivity contribution >= 4 is 27.7 Å². The second kappa shape index (κ2) is 6.29. The number of benzene rings is 1. The van der Waals surface area contributed by atoms with E-state index in [0.29, 0.717) is 16.8 Å². The number of nitriles is 1. The normalized spacial score (nSPS) is 17.6. The van der Waals surface area contributed by atoms with Crippen LogP contribution in [0.4, 0.5) is 0 Å². The van der Waals surface area contributed by atoms with Crippen LogP contribution in [0.15, 0.2) is 41.0 Å². The standard InChI is InChI=1S/C16H14N4O3S/c1-3-22-16(21)13-8(2)23-15(18)10(7-17)14(13)9-4-5-12-11(6-9)19-20-24-12/h4-6,14H,3,18H2,1-2H3. The molecule has 0 saturated heterocycles. The molecule has 122 valence electrons. The largest absolute Gasteiger partial charge is 0.463 e. The third kappa shape index (κ3) is 2.59. The highest BCUT2D eigenvalue weighted by Crippen LogP contribution is 2.40. The molecule has 1 aromatic heterocycles. The summed E-state index contributed by atoms with van der Waals surface area (Å²) in [6.45, 7) is 3.57. The SMILES string of the molecule is CCOC(=O)C1=C(C)OC(N)=C(C#N)C1c1ccc2snnc2c1. The van der Waals surface area contributed by atoms with Gasteiger partial charge in [0.2, 0.25) is 5.88 Å². The Bertz CT molecular complexity index is 923. The fraction of sp³-hybridized carbons (Fsp3) is 0.250. The van der Waals surface area contributed by atoms with Crippen molar-refractivity contribution in [2.75, 3.05) is 6.61 Å². The van der Waals surface area contributed by atoms with E-state index in [1.54, 1.807) is 19.9 Å². The average Bonchev–Trinajstić information content (AvgIpc) is 3.01. The number of rotatable bonds is 3. The van der Waals surface area contributed by atoms with Crippen LogP contribution in [0.3, 0.4) is 0 Å². The van der Waals surface area contributed by atoms with Crippen LogP contribution in [-0.2, 0) is 14.3 Å². The number of aromatic nitrogens is 2. The van der Waals surface area contributed by atoms with Gasteiger partial charge in [0.05, 0.1) is 22.8 Å². The number of esters is 1. The fourth-order valence-corrected chi connectivity index (χ4v) is 3.20. The van der Waals surface area contributed by atoms with E-state index >= 15 is 0 Å². The van der Waals surface area contributed by atoms with Gasteiger partial charge in [-0.3, -0.25) is 0 Å². The molecule has 0 saturated carbocycles. The first kappa shape index (κ1) is 16.0. The van der Waals surface area contributed by atoms with Crippen LogP contribution >= 0.6 is 11.5 Å². The Morgan fingerprint density at radius 2 is 2.33 bits per heavy atom. The number of nitrogens with zero attached hydrogens (tertiary/aromatic N) is 3. The Labute approximate surface area is 142 Å². The maximum absolute atomic E-state index is 12.4. The smallest absolute Gasteiger partial charge is 0.338 e. The minimum Gasteiger partial charge on any atom is -0.463 e. The molecule has 0 spiro atoms. The van der Waals surface area contributed by atoms with E-state index in [9.17, 15) is 10.1 Å². The van der Waals surface area contributed by atoms with Crippen molar-refractivity contribution < 1.29 is 14.3 Å². The molecule has 0 amide bonds. The molecular weight excluding hydrogens is 328 g/mol. The topological polar surface area (TPSA) is 111 Å². The molecular formula is C16H14N4O3S. The number of ether oxygens (including phenoxy) is 2. The number of carbonyl (C=O) groups is 1. The summed E-state index contributed by atoms with van der Waals surface area (Å²) in [5.74, 6) is -0.873. The quantitative estimate of drug-likeness (QED) is 0.852. The number of carbonyl (C=O) groups excluding carboxylic acids is 1. The molecule has 1 atom stereocenters. The van der Waals surface area contributed by atoms with Gasteiger partial charge in [-0.2, -0.15) is 5.26 Å². The highest BCUT2D eigenvalue weighted by Gasteiger charge is 2.36. The second-order valence-corrected chi connectivity index (χ2v) is 5.90. The van der Waals surface area contributed by atoms with Gasteiger partial charge in [0.1, 0.15) is 22.9 Å². The maximum atomic E-state index is 12.4. The van der Waals surface area contributed by atoms with E-state index in [1.165, 1.54) is 11.5 Å². The minimum atomic E-state index is -0.658. The summed E-state index contributed by atoms with van der Waals surface area (Å²) < 4.78 is 15.3. The molecule has 0 fully saturated rings. The van der Waals surface area contributed by atoms with Crippen molar-refractivity contribution in [3.63, 3.8) is 0 Å². The summed E-state index contributed by atoms with van der Waals surface area (Å²) in [6, 6.07) is 7.53. The van der Waals surface area contributed by atoms with Crippen molar-refractivity contribution in [2.45, 2.75) is 19.8 Å². The van der Waals surface area contributed by atoms with E-state index in [2.05, 4.69) is 9.59 Å². The van der Waals surface area contributed by atoms with Gasteiger partial charge in [-0.05, 0) is 43.1 Å². The predicted octanol–water partition coefficient (Wildman–Crippen LogP) is 2.34. The van der Waals surface area contributed by atoms with Gasteiger partial charge in [-0.1, -0.05) is 10.6 Å². The number of hydrogen-bond donors (Lipinski definition) is 1. The van der Waals surface area contributed by atoms with E-state index < -0.39 is 11.9 Å². The fourth-order valence-electron chi connectivity index (χ4n) is 2.67. The summed E-state index contributed by atoms with van der Waals surface area (Å²) in [6.07, 6.45) is 0. The molecule has 1 aliphatic heterocycles. The van der Waals surface area contributed by atoms with Crippen LogP contribution in [0.2, 0.25) is 0 Å². The molecule has 0 bridgehead atoms. The molecule has 2 aromatic rings. The molecule has 1 aliphatic rings. The third-order valence-corrected chi connectivity index (χ3v) is 4.41. The van der Waals surface area contributed by atoms with Crippen molar-refractivity contribution in [3.8, 4) is 6.07 Å². The molecule has 7 nitrogen and oxygen atoms in total. The lowest BCUT2D eigenvalue weighted by Crippen LogP contribution is -2.25. The Hall–Kier alpha value is -2.92. The van der Waals surface area contributed by atoms with Gasteiger partial charge < -0.3 is 15.2 Å². The molecule has 8 heteroatoms. The van der Waals surface area contributed by atoms with Gasteiger partial charge >= 0.3 is 5.97 Å². The summed E-state index contributed by atoms with van der Waals surface area (Å²) >= 11 is 1.27. The number of allylic oxidation sites excluding steroid dienone is 2. The number of hydrogen-bond acceptors (Lipinski definition) is 8. The van der Waals surface area contributed by atoms with Crippen LogP contribution < -0.4 is 5.73 Å². The minimum absolute atomic E-state index is 0.00968. The molecule has 1 unspecified atom stereocenters. The summed E-state index contributed by atoms with van der Waals surface area (Å²) in [4.78, 5) is 12.4. The molecule has 2 heterocycles. The van der Waals surface area contributed by atoms with Gasteiger partial charge in [0.15, 0.2) is 0 Å². The second-order valence-electron chi connectivity index (χ2n) is 5.12.